The lowest BCUT2D eigenvalue weighted by molar-refractivity contribution is -0.116. The summed E-state index contributed by atoms with van der Waals surface area (Å²) in [5.74, 6) is 0.497. The van der Waals surface area contributed by atoms with Crippen LogP contribution in [0.1, 0.15) is 38.7 Å². The van der Waals surface area contributed by atoms with E-state index in [0.29, 0.717) is 12.3 Å². The first-order valence-electron chi connectivity index (χ1n) is 7.24. The number of benzene rings is 1. The molecule has 0 unspecified atom stereocenters. The molecular weight excluding hydrogens is 236 g/mol. The first-order chi connectivity index (χ1) is 9.13. The normalized spacial score (nSPS) is 15.9. The van der Waals surface area contributed by atoms with Gasteiger partial charge in [0.2, 0.25) is 5.91 Å². The third kappa shape index (κ3) is 4.67. The maximum atomic E-state index is 11.7. The number of anilines is 1. The number of likely N-dealkylation sites (tertiary alicyclic amines) is 1. The Hall–Kier alpha value is -1.35. The van der Waals surface area contributed by atoms with Gasteiger partial charge in [-0.3, -0.25) is 9.69 Å². The van der Waals surface area contributed by atoms with Crippen LogP contribution >= 0.6 is 0 Å². The van der Waals surface area contributed by atoms with E-state index in [2.05, 4.69) is 36.2 Å². The summed E-state index contributed by atoms with van der Waals surface area (Å²) in [6.07, 6.45) is 3.22. The van der Waals surface area contributed by atoms with Crippen LogP contribution in [0.25, 0.3) is 0 Å². The van der Waals surface area contributed by atoms with Gasteiger partial charge < -0.3 is 5.32 Å². The van der Waals surface area contributed by atoms with Crippen LogP contribution in [0.5, 0.6) is 0 Å². The molecule has 0 spiro atoms. The highest BCUT2D eigenvalue weighted by molar-refractivity contribution is 5.90. The van der Waals surface area contributed by atoms with E-state index in [0.717, 1.165) is 12.2 Å². The number of rotatable bonds is 5. The maximum absolute atomic E-state index is 11.7. The van der Waals surface area contributed by atoms with E-state index < -0.39 is 0 Å². The molecule has 1 aliphatic heterocycles. The van der Waals surface area contributed by atoms with Gasteiger partial charge in [-0.25, -0.2) is 0 Å². The van der Waals surface area contributed by atoms with Crippen molar-refractivity contribution in [1.29, 1.82) is 0 Å². The number of nitrogens with one attached hydrogen (secondary N) is 1. The van der Waals surface area contributed by atoms with Crippen molar-refractivity contribution in [2.24, 2.45) is 5.92 Å². The molecule has 104 valence electrons. The Morgan fingerprint density at radius 1 is 1.21 bits per heavy atom. The standard InChI is InChI=1S/C16H24N2O/c1-13(2)11-16(19)17-15-7-5-14(6-8-15)12-18-9-3-4-10-18/h5-8,13H,3-4,9-12H2,1-2H3,(H,17,19). The molecule has 1 aromatic carbocycles. The van der Waals surface area contributed by atoms with Crippen molar-refractivity contribution >= 4 is 11.6 Å². The predicted octanol–water partition coefficient (Wildman–Crippen LogP) is 3.27. The lowest BCUT2D eigenvalue weighted by Gasteiger charge is -2.15. The van der Waals surface area contributed by atoms with E-state index in [4.69, 9.17) is 0 Å². The van der Waals surface area contributed by atoms with Crippen molar-refractivity contribution < 1.29 is 4.79 Å². The number of hydrogen-bond donors (Lipinski definition) is 1. The third-order valence-corrected chi connectivity index (χ3v) is 3.44. The Labute approximate surface area is 116 Å². The van der Waals surface area contributed by atoms with Gasteiger partial charge in [0.25, 0.3) is 0 Å². The molecule has 1 N–H and O–H groups in total. The monoisotopic (exact) mass is 260 g/mol. The van der Waals surface area contributed by atoms with Crippen LogP contribution in [-0.4, -0.2) is 23.9 Å². The van der Waals surface area contributed by atoms with E-state index in [-0.39, 0.29) is 5.91 Å². The van der Waals surface area contributed by atoms with Crippen LogP contribution < -0.4 is 5.32 Å². The highest BCUT2D eigenvalue weighted by Gasteiger charge is 2.11. The van der Waals surface area contributed by atoms with Crippen LogP contribution in [0.15, 0.2) is 24.3 Å². The first kappa shape index (κ1) is 14.1. The van der Waals surface area contributed by atoms with Crippen molar-refractivity contribution in [3.05, 3.63) is 29.8 Å². The van der Waals surface area contributed by atoms with Gasteiger partial charge >= 0.3 is 0 Å². The zero-order valence-corrected chi connectivity index (χ0v) is 12.0. The van der Waals surface area contributed by atoms with E-state index in [1.165, 1.54) is 31.5 Å². The van der Waals surface area contributed by atoms with Crippen LogP contribution in [0.3, 0.4) is 0 Å². The largest absolute Gasteiger partial charge is 0.326 e. The summed E-state index contributed by atoms with van der Waals surface area (Å²) in [5, 5.41) is 2.94. The van der Waals surface area contributed by atoms with Crippen molar-refractivity contribution in [2.75, 3.05) is 18.4 Å². The molecule has 1 aromatic rings. The summed E-state index contributed by atoms with van der Waals surface area (Å²) >= 11 is 0. The summed E-state index contributed by atoms with van der Waals surface area (Å²) in [5.41, 5.74) is 2.22. The van der Waals surface area contributed by atoms with Crippen LogP contribution in [0.4, 0.5) is 5.69 Å². The van der Waals surface area contributed by atoms with Crippen LogP contribution in [-0.2, 0) is 11.3 Å². The molecule has 0 bridgehead atoms. The van der Waals surface area contributed by atoms with Gasteiger partial charge in [0.05, 0.1) is 0 Å². The molecule has 1 amide bonds. The minimum Gasteiger partial charge on any atom is -0.326 e. The van der Waals surface area contributed by atoms with E-state index >= 15 is 0 Å². The fraction of sp³-hybridized carbons (Fsp3) is 0.562. The topological polar surface area (TPSA) is 32.3 Å². The van der Waals surface area contributed by atoms with Crippen LogP contribution in [0.2, 0.25) is 0 Å². The smallest absolute Gasteiger partial charge is 0.224 e. The second-order valence-electron chi connectivity index (χ2n) is 5.83. The van der Waals surface area contributed by atoms with E-state index in [9.17, 15) is 4.79 Å². The fourth-order valence-electron chi connectivity index (χ4n) is 2.48. The highest BCUT2D eigenvalue weighted by atomic mass is 16.1. The number of carbonyl (C=O) groups excluding carboxylic acids is 1. The van der Waals surface area contributed by atoms with Crippen molar-refractivity contribution in [3.8, 4) is 0 Å². The van der Waals surface area contributed by atoms with Crippen molar-refractivity contribution in [2.45, 2.75) is 39.7 Å². The second-order valence-corrected chi connectivity index (χ2v) is 5.83. The predicted molar refractivity (Wildman–Crippen MR) is 79.0 cm³/mol. The summed E-state index contributed by atoms with van der Waals surface area (Å²) in [6, 6.07) is 8.24. The highest BCUT2D eigenvalue weighted by Crippen LogP contribution is 2.15. The molecular formula is C16H24N2O. The molecule has 1 heterocycles. The molecule has 3 nitrogen and oxygen atoms in total. The van der Waals surface area contributed by atoms with Gasteiger partial charge in [0, 0.05) is 18.7 Å². The van der Waals surface area contributed by atoms with Gasteiger partial charge in [0.15, 0.2) is 0 Å². The third-order valence-electron chi connectivity index (χ3n) is 3.44. The van der Waals surface area contributed by atoms with E-state index in [1.54, 1.807) is 0 Å². The molecule has 1 aliphatic rings. The number of hydrogen-bond acceptors (Lipinski definition) is 2. The molecule has 0 aromatic heterocycles. The number of amides is 1. The van der Waals surface area contributed by atoms with Gasteiger partial charge in [0.1, 0.15) is 0 Å². The molecule has 0 atom stereocenters. The first-order valence-corrected chi connectivity index (χ1v) is 7.24. The van der Waals surface area contributed by atoms with E-state index in [1.807, 2.05) is 12.1 Å². The van der Waals surface area contributed by atoms with Crippen molar-refractivity contribution in [3.63, 3.8) is 0 Å². The number of nitrogens with zero attached hydrogens (tertiary/aromatic N) is 1. The molecule has 0 radical (unpaired) electrons. The molecule has 0 saturated carbocycles. The molecule has 2 rings (SSSR count). The summed E-state index contributed by atoms with van der Waals surface area (Å²) in [4.78, 5) is 14.1. The Kier molecular flexibility index (Phi) is 4.97. The minimum atomic E-state index is 0.0993. The second kappa shape index (κ2) is 6.71. The van der Waals surface area contributed by atoms with Gasteiger partial charge in [-0.15, -0.1) is 0 Å². The average Bonchev–Trinajstić information content (AvgIpc) is 2.83. The Balaban J connectivity index is 1.85. The Morgan fingerprint density at radius 3 is 2.42 bits per heavy atom. The lowest BCUT2D eigenvalue weighted by Crippen LogP contribution is -2.18. The summed E-state index contributed by atoms with van der Waals surface area (Å²) in [6.45, 7) is 7.57. The van der Waals surface area contributed by atoms with Crippen LogP contribution in [0, 0.1) is 5.92 Å². The zero-order valence-electron chi connectivity index (χ0n) is 12.0. The zero-order chi connectivity index (χ0) is 13.7. The van der Waals surface area contributed by atoms with Crippen molar-refractivity contribution in [1.82, 2.24) is 4.90 Å². The molecule has 0 aliphatic carbocycles. The fourth-order valence-corrected chi connectivity index (χ4v) is 2.48. The summed E-state index contributed by atoms with van der Waals surface area (Å²) < 4.78 is 0. The van der Waals surface area contributed by atoms with Gasteiger partial charge in [-0.05, 0) is 49.5 Å². The Bertz CT molecular complexity index is 405. The van der Waals surface area contributed by atoms with Gasteiger partial charge in [-0.2, -0.15) is 0 Å². The maximum Gasteiger partial charge on any atom is 0.224 e. The number of carbonyl (C=O) groups is 1. The molecule has 3 heteroatoms. The molecule has 1 fully saturated rings. The van der Waals surface area contributed by atoms with Gasteiger partial charge in [-0.1, -0.05) is 26.0 Å². The lowest BCUT2D eigenvalue weighted by atomic mass is 10.1. The molecule has 1 saturated heterocycles. The minimum absolute atomic E-state index is 0.0993. The molecule has 19 heavy (non-hydrogen) atoms. The SMILES string of the molecule is CC(C)CC(=O)Nc1ccc(CN2CCCC2)cc1. The Morgan fingerprint density at radius 2 is 1.84 bits per heavy atom. The quantitative estimate of drug-likeness (QED) is 0.881. The summed E-state index contributed by atoms with van der Waals surface area (Å²) in [7, 11) is 0. The average molecular weight is 260 g/mol.